The quantitative estimate of drug-likeness (QED) is 0.702. The maximum atomic E-state index is 6.14. The summed E-state index contributed by atoms with van der Waals surface area (Å²) in [4.78, 5) is 8.25. The Morgan fingerprint density at radius 2 is 2.00 bits per heavy atom. The van der Waals surface area contributed by atoms with Crippen molar-refractivity contribution in [3.63, 3.8) is 0 Å². The molecule has 0 aliphatic heterocycles. The summed E-state index contributed by atoms with van der Waals surface area (Å²) in [6.45, 7) is 8.57. The van der Waals surface area contributed by atoms with Gasteiger partial charge in [-0.3, -0.25) is 0 Å². The normalized spacial score (nSPS) is 11.0. The molecule has 1 heterocycles. The minimum absolute atomic E-state index is 0.470. The number of nitrogens with zero attached hydrogens (tertiary/aromatic N) is 2. The minimum Gasteiger partial charge on any atom is -0.439 e. The highest BCUT2D eigenvalue weighted by molar-refractivity contribution is 6.30. The molecule has 0 radical (unpaired) electrons. The first-order valence-electron chi connectivity index (χ1n) is 7.30. The van der Waals surface area contributed by atoms with Crippen LogP contribution in [0.5, 0.6) is 11.6 Å². The number of aromatic nitrogens is 2. The Labute approximate surface area is 131 Å². The van der Waals surface area contributed by atoms with E-state index in [0.717, 1.165) is 24.2 Å². The number of hydrogen-bond acceptors (Lipinski definition) is 3. The van der Waals surface area contributed by atoms with E-state index in [9.17, 15) is 0 Å². The number of halogens is 1. The van der Waals surface area contributed by atoms with Crippen LogP contribution in [-0.4, -0.2) is 9.97 Å². The summed E-state index contributed by atoms with van der Waals surface area (Å²) in [5.74, 6) is 1.83. The molecule has 1 aromatic heterocycles. The van der Waals surface area contributed by atoms with Gasteiger partial charge in [0.05, 0.1) is 5.56 Å². The molecule has 0 fully saturated rings. The highest BCUT2D eigenvalue weighted by atomic mass is 35.5. The fourth-order valence-electron chi connectivity index (χ4n) is 2.40. The summed E-state index contributed by atoms with van der Waals surface area (Å²) in [6, 6.07) is 6.13. The smallest absolute Gasteiger partial charge is 0.227 e. The average Bonchev–Trinajstić information content (AvgIpc) is 2.42. The van der Waals surface area contributed by atoms with Gasteiger partial charge >= 0.3 is 0 Å². The fourth-order valence-corrected chi connectivity index (χ4v) is 2.61. The zero-order valence-electron chi connectivity index (χ0n) is 13.0. The zero-order chi connectivity index (χ0) is 15.4. The summed E-state index contributed by atoms with van der Waals surface area (Å²) in [7, 11) is 0. The van der Waals surface area contributed by atoms with E-state index < -0.39 is 0 Å². The lowest BCUT2D eigenvalue weighted by atomic mass is 9.98. The molecule has 0 saturated heterocycles. The first kappa shape index (κ1) is 15.8. The van der Waals surface area contributed by atoms with Gasteiger partial charge in [0, 0.05) is 0 Å². The first-order valence-corrected chi connectivity index (χ1v) is 7.68. The van der Waals surface area contributed by atoms with Crippen LogP contribution in [0, 0.1) is 6.92 Å². The number of aryl methyl sites for hydroxylation is 1. The van der Waals surface area contributed by atoms with Gasteiger partial charge in [0.25, 0.3) is 0 Å². The Bertz CT molecular complexity index is 626. The summed E-state index contributed by atoms with van der Waals surface area (Å²) in [5.41, 5.74) is 3.42. The molecule has 0 N–H and O–H groups in total. The van der Waals surface area contributed by atoms with Crippen molar-refractivity contribution >= 4 is 11.6 Å². The SMILES string of the molecule is CCCc1c(Cl)ncnc1Oc1ccc(C(C)C)c(C)c1. The maximum absolute atomic E-state index is 6.14. The van der Waals surface area contributed by atoms with Crippen LogP contribution in [0.25, 0.3) is 0 Å². The van der Waals surface area contributed by atoms with Crippen molar-refractivity contribution in [2.24, 2.45) is 0 Å². The van der Waals surface area contributed by atoms with E-state index in [1.807, 2.05) is 12.1 Å². The van der Waals surface area contributed by atoms with Gasteiger partial charge in [0.2, 0.25) is 5.88 Å². The Morgan fingerprint density at radius 1 is 1.24 bits per heavy atom. The molecule has 21 heavy (non-hydrogen) atoms. The van der Waals surface area contributed by atoms with Gasteiger partial charge in [0.1, 0.15) is 17.2 Å². The van der Waals surface area contributed by atoms with Crippen LogP contribution >= 0.6 is 11.6 Å². The molecule has 112 valence electrons. The second-order valence-corrected chi connectivity index (χ2v) is 5.83. The van der Waals surface area contributed by atoms with Gasteiger partial charge in [-0.2, -0.15) is 0 Å². The van der Waals surface area contributed by atoms with Crippen LogP contribution in [0.3, 0.4) is 0 Å². The van der Waals surface area contributed by atoms with Crippen LogP contribution in [0.15, 0.2) is 24.5 Å². The van der Waals surface area contributed by atoms with Crippen molar-refractivity contribution in [3.8, 4) is 11.6 Å². The molecule has 0 aliphatic carbocycles. The van der Waals surface area contributed by atoms with E-state index in [4.69, 9.17) is 16.3 Å². The van der Waals surface area contributed by atoms with Gasteiger partial charge in [-0.05, 0) is 42.5 Å². The maximum Gasteiger partial charge on any atom is 0.227 e. The predicted octanol–water partition coefficient (Wildman–Crippen LogP) is 5.31. The van der Waals surface area contributed by atoms with Crippen molar-refractivity contribution in [1.82, 2.24) is 9.97 Å². The molecule has 2 rings (SSSR count). The zero-order valence-corrected chi connectivity index (χ0v) is 13.7. The molecule has 0 spiro atoms. The van der Waals surface area contributed by atoms with Crippen molar-refractivity contribution in [2.45, 2.75) is 46.5 Å². The molecular weight excluding hydrogens is 284 g/mol. The lowest BCUT2D eigenvalue weighted by Crippen LogP contribution is -1.99. The van der Waals surface area contributed by atoms with E-state index in [2.05, 4.69) is 43.7 Å². The second-order valence-electron chi connectivity index (χ2n) is 5.47. The molecule has 4 heteroatoms. The number of ether oxygens (including phenoxy) is 1. The van der Waals surface area contributed by atoms with Gasteiger partial charge in [0.15, 0.2) is 0 Å². The number of hydrogen-bond donors (Lipinski definition) is 0. The molecule has 0 bridgehead atoms. The standard InChI is InChI=1S/C17H21ClN2O/c1-5-6-15-16(18)19-10-20-17(15)21-13-7-8-14(11(2)3)12(4)9-13/h7-11H,5-6H2,1-4H3. The van der Waals surface area contributed by atoms with Crippen LogP contribution in [-0.2, 0) is 6.42 Å². The molecule has 2 aromatic rings. The molecule has 0 atom stereocenters. The Morgan fingerprint density at radius 3 is 2.62 bits per heavy atom. The molecule has 1 aromatic carbocycles. The third-order valence-electron chi connectivity index (χ3n) is 3.43. The fraction of sp³-hybridized carbons (Fsp3) is 0.412. The van der Waals surface area contributed by atoms with E-state index in [-0.39, 0.29) is 0 Å². The third-order valence-corrected chi connectivity index (χ3v) is 3.76. The molecule has 0 amide bonds. The third kappa shape index (κ3) is 3.73. The van der Waals surface area contributed by atoms with E-state index in [1.165, 1.54) is 17.5 Å². The summed E-state index contributed by atoms with van der Waals surface area (Å²) < 4.78 is 5.92. The highest BCUT2D eigenvalue weighted by Crippen LogP contribution is 2.30. The molecular formula is C17H21ClN2O. The largest absolute Gasteiger partial charge is 0.439 e. The molecule has 0 saturated carbocycles. The van der Waals surface area contributed by atoms with Gasteiger partial charge in [-0.15, -0.1) is 0 Å². The van der Waals surface area contributed by atoms with Gasteiger partial charge in [-0.25, -0.2) is 9.97 Å². The molecule has 0 aliphatic rings. The van der Waals surface area contributed by atoms with Crippen LogP contribution in [0.2, 0.25) is 5.15 Å². The second kappa shape index (κ2) is 6.90. The topological polar surface area (TPSA) is 35.0 Å². The first-order chi connectivity index (χ1) is 10.0. The molecule has 0 unspecified atom stereocenters. The number of rotatable bonds is 5. The van der Waals surface area contributed by atoms with E-state index >= 15 is 0 Å². The van der Waals surface area contributed by atoms with E-state index in [0.29, 0.717) is 17.0 Å². The van der Waals surface area contributed by atoms with E-state index in [1.54, 1.807) is 0 Å². The predicted molar refractivity (Wildman–Crippen MR) is 86.4 cm³/mol. The van der Waals surface area contributed by atoms with Crippen LogP contribution in [0.1, 0.15) is 49.8 Å². The minimum atomic E-state index is 0.470. The van der Waals surface area contributed by atoms with Crippen molar-refractivity contribution in [2.75, 3.05) is 0 Å². The van der Waals surface area contributed by atoms with Crippen molar-refractivity contribution < 1.29 is 4.74 Å². The van der Waals surface area contributed by atoms with Crippen molar-refractivity contribution in [3.05, 3.63) is 46.4 Å². The average molecular weight is 305 g/mol. The summed E-state index contributed by atoms with van der Waals surface area (Å²) in [6.07, 6.45) is 3.21. The van der Waals surface area contributed by atoms with Crippen molar-refractivity contribution in [1.29, 1.82) is 0 Å². The highest BCUT2D eigenvalue weighted by Gasteiger charge is 2.12. The monoisotopic (exact) mass is 304 g/mol. The molecule has 3 nitrogen and oxygen atoms in total. The van der Waals surface area contributed by atoms with Gasteiger partial charge < -0.3 is 4.74 Å². The summed E-state index contributed by atoms with van der Waals surface area (Å²) >= 11 is 6.14. The Hall–Kier alpha value is -1.61. The lowest BCUT2D eigenvalue weighted by molar-refractivity contribution is 0.453. The van der Waals surface area contributed by atoms with Crippen LogP contribution < -0.4 is 4.74 Å². The summed E-state index contributed by atoms with van der Waals surface area (Å²) in [5, 5.41) is 0.470. The van der Waals surface area contributed by atoms with Gasteiger partial charge in [-0.1, -0.05) is 44.9 Å². The Kier molecular flexibility index (Phi) is 5.18. The Balaban J connectivity index is 2.30. The lowest BCUT2D eigenvalue weighted by Gasteiger charge is -2.13. The number of benzene rings is 1. The van der Waals surface area contributed by atoms with Crippen LogP contribution in [0.4, 0.5) is 0 Å².